The number of carbonyl (C=O) groups excluding carboxylic acids is 1. The minimum absolute atomic E-state index is 0.234. The molecular weight excluding hydrogens is 188 g/mol. The molecule has 2 fully saturated rings. The summed E-state index contributed by atoms with van der Waals surface area (Å²) >= 11 is 0. The van der Waals surface area contributed by atoms with Gasteiger partial charge in [0.15, 0.2) is 6.10 Å². The number of rotatable bonds is 2. The van der Waals surface area contributed by atoms with E-state index in [1.807, 2.05) is 0 Å². The van der Waals surface area contributed by atoms with Crippen molar-refractivity contribution in [3.63, 3.8) is 0 Å². The van der Waals surface area contributed by atoms with Crippen LogP contribution < -0.4 is 0 Å². The summed E-state index contributed by atoms with van der Waals surface area (Å²) in [6.45, 7) is 3.80. The van der Waals surface area contributed by atoms with Crippen molar-refractivity contribution >= 4 is 5.97 Å². The summed E-state index contributed by atoms with van der Waals surface area (Å²) in [6, 6.07) is 0. The third-order valence-corrected chi connectivity index (χ3v) is 2.42. The van der Waals surface area contributed by atoms with Crippen LogP contribution in [0.25, 0.3) is 0 Å². The minimum atomic E-state index is -0.618. The van der Waals surface area contributed by atoms with E-state index in [-0.39, 0.29) is 25.4 Å². The van der Waals surface area contributed by atoms with Crippen LogP contribution in [0.5, 0.6) is 0 Å². The molecule has 78 valence electrons. The summed E-state index contributed by atoms with van der Waals surface area (Å²) in [6.07, 6.45) is -0.653. The van der Waals surface area contributed by atoms with E-state index >= 15 is 0 Å². The smallest absolute Gasteiger partial charge is 0.330 e. The molecule has 0 radical (unpaired) electrons. The van der Waals surface area contributed by atoms with E-state index in [4.69, 9.17) is 14.2 Å². The summed E-state index contributed by atoms with van der Waals surface area (Å²) in [5, 5.41) is 9.40. The fourth-order valence-electron chi connectivity index (χ4n) is 1.74. The zero-order valence-corrected chi connectivity index (χ0v) is 7.59. The first kappa shape index (κ1) is 9.64. The van der Waals surface area contributed by atoms with E-state index in [2.05, 4.69) is 6.58 Å². The third kappa shape index (κ3) is 1.54. The molecule has 0 unspecified atom stereocenters. The Morgan fingerprint density at radius 3 is 2.86 bits per heavy atom. The van der Waals surface area contributed by atoms with E-state index in [1.165, 1.54) is 0 Å². The van der Waals surface area contributed by atoms with Gasteiger partial charge in [-0.1, -0.05) is 6.58 Å². The van der Waals surface area contributed by atoms with Gasteiger partial charge in [0.05, 0.1) is 13.2 Å². The van der Waals surface area contributed by atoms with Gasteiger partial charge in [-0.2, -0.15) is 0 Å². The fraction of sp³-hybridized carbons (Fsp3) is 0.667. The number of hydrogen-bond donors (Lipinski definition) is 1. The third-order valence-electron chi connectivity index (χ3n) is 2.42. The molecule has 1 N–H and O–H groups in total. The Bertz CT molecular complexity index is 252. The molecule has 0 saturated carbocycles. The van der Waals surface area contributed by atoms with Crippen LogP contribution in [0.3, 0.4) is 0 Å². The SMILES string of the molecule is C=CC(=O)O[C@H]1CO[C@H]2[C@@H]1OC[C@@H]2O. The van der Waals surface area contributed by atoms with Crippen LogP contribution in [0.1, 0.15) is 0 Å². The molecule has 0 amide bonds. The van der Waals surface area contributed by atoms with Crippen molar-refractivity contribution in [2.75, 3.05) is 13.2 Å². The van der Waals surface area contributed by atoms with Crippen LogP contribution in [0.15, 0.2) is 12.7 Å². The Morgan fingerprint density at radius 1 is 1.43 bits per heavy atom. The Balaban J connectivity index is 1.96. The normalized spacial score (nSPS) is 40.6. The van der Waals surface area contributed by atoms with Gasteiger partial charge >= 0.3 is 5.97 Å². The Morgan fingerprint density at radius 2 is 2.14 bits per heavy atom. The van der Waals surface area contributed by atoms with Crippen LogP contribution in [0, 0.1) is 0 Å². The number of aliphatic hydroxyl groups excluding tert-OH is 1. The average molecular weight is 200 g/mol. The van der Waals surface area contributed by atoms with Gasteiger partial charge in [-0.25, -0.2) is 4.79 Å². The van der Waals surface area contributed by atoms with Crippen molar-refractivity contribution in [3.05, 3.63) is 12.7 Å². The van der Waals surface area contributed by atoms with E-state index in [0.717, 1.165) is 6.08 Å². The van der Waals surface area contributed by atoms with E-state index < -0.39 is 18.2 Å². The first-order valence-corrected chi connectivity index (χ1v) is 4.46. The van der Waals surface area contributed by atoms with Gasteiger partial charge in [-0.15, -0.1) is 0 Å². The zero-order valence-electron chi connectivity index (χ0n) is 7.59. The molecule has 14 heavy (non-hydrogen) atoms. The first-order chi connectivity index (χ1) is 6.72. The summed E-state index contributed by atoms with van der Waals surface area (Å²) < 4.78 is 15.5. The number of esters is 1. The van der Waals surface area contributed by atoms with Gasteiger partial charge < -0.3 is 19.3 Å². The minimum Gasteiger partial charge on any atom is -0.454 e. The molecule has 0 spiro atoms. The predicted octanol–water partition coefficient (Wildman–Crippen LogP) is -0.757. The lowest BCUT2D eigenvalue weighted by molar-refractivity contribution is -0.147. The van der Waals surface area contributed by atoms with E-state index in [9.17, 15) is 9.90 Å². The zero-order chi connectivity index (χ0) is 10.1. The highest BCUT2D eigenvalue weighted by molar-refractivity contribution is 5.81. The van der Waals surface area contributed by atoms with Crippen molar-refractivity contribution in [1.82, 2.24) is 0 Å². The largest absolute Gasteiger partial charge is 0.454 e. The Labute approximate surface area is 81.3 Å². The quantitative estimate of drug-likeness (QED) is 0.469. The monoisotopic (exact) mass is 200 g/mol. The van der Waals surface area contributed by atoms with Crippen LogP contribution in [0.4, 0.5) is 0 Å². The van der Waals surface area contributed by atoms with Crippen LogP contribution in [-0.2, 0) is 19.0 Å². The lowest BCUT2D eigenvalue weighted by Crippen LogP contribution is -2.33. The van der Waals surface area contributed by atoms with Crippen molar-refractivity contribution in [2.24, 2.45) is 0 Å². The highest BCUT2D eigenvalue weighted by Crippen LogP contribution is 2.28. The first-order valence-electron chi connectivity index (χ1n) is 4.46. The number of hydrogen-bond acceptors (Lipinski definition) is 5. The maximum atomic E-state index is 10.9. The summed E-state index contributed by atoms with van der Waals surface area (Å²) in [7, 11) is 0. The van der Waals surface area contributed by atoms with E-state index in [1.54, 1.807) is 0 Å². The van der Waals surface area contributed by atoms with Gasteiger partial charge in [-0.3, -0.25) is 0 Å². The summed E-state index contributed by atoms with van der Waals surface area (Å²) in [4.78, 5) is 10.9. The summed E-state index contributed by atoms with van der Waals surface area (Å²) in [5.74, 6) is -0.496. The fourth-order valence-corrected chi connectivity index (χ4v) is 1.74. The van der Waals surface area contributed by atoms with E-state index in [0.29, 0.717) is 0 Å². The van der Waals surface area contributed by atoms with Crippen molar-refractivity contribution in [2.45, 2.75) is 24.4 Å². The van der Waals surface area contributed by atoms with Gasteiger partial charge in [0.1, 0.15) is 18.3 Å². The van der Waals surface area contributed by atoms with Crippen LogP contribution in [-0.4, -0.2) is 48.7 Å². The van der Waals surface area contributed by atoms with Crippen molar-refractivity contribution < 1.29 is 24.1 Å². The van der Waals surface area contributed by atoms with Crippen LogP contribution >= 0.6 is 0 Å². The second-order valence-electron chi connectivity index (χ2n) is 3.34. The molecule has 2 aliphatic heterocycles. The number of fused-ring (bicyclic) bond motifs is 1. The topological polar surface area (TPSA) is 65.0 Å². The number of ether oxygens (including phenoxy) is 3. The van der Waals surface area contributed by atoms with Gasteiger partial charge in [0.25, 0.3) is 0 Å². The standard InChI is InChI=1S/C9H12O5/c1-2-7(11)14-6-4-13-8-5(10)3-12-9(6)8/h2,5-6,8-10H,1,3-4H2/t5-,6-,8+,9+/m0/s1. The van der Waals surface area contributed by atoms with Crippen LogP contribution in [0.2, 0.25) is 0 Å². The lowest BCUT2D eigenvalue weighted by Gasteiger charge is -2.15. The average Bonchev–Trinajstić information content (AvgIpc) is 2.72. The molecule has 5 nitrogen and oxygen atoms in total. The van der Waals surface area contributed by atoms with Crippen molar-refractivity contribution in [1.29, 1.82) is 0 Å². The lowest BCUT2D eigenvalue weighted by atomic mass is 10.1. The van der Waals surface area contributed by atoms with Gasteiger partial charge in [0, 0.05) is 6.08 Å². The predicted molar refractivity (Wildman–Crippen MR) is 45.6 cm³/mol. The van der Waals surface area contributed by atoms with Gasteiger partial charge in [0.2, 0.25) is 0 Å². The molecule has 5 heteroatoms. The number of carbonyl (C=O) groups is 1. The highest BCUT2D eigenvalue weighted by Gasteiger charge is 2.48. The maximum absolute atomic E-state index is 10.9. The molecule has 2 heterocycles. The summed E-state index contributed by atoms with van der Waals surface area (Å²) in [5.41, 5.74) is 0. The molecule has 2 rings (SSSR count). The number of aliphatic hydroxyl groups is 1. The van der Waals surface area contributed by atoms with Crippen molar-refractivity contribution in [3.8, 4) is 0 Å². The second-order valence-corrected chi connectivity index (χ2v) is 3.34. The highest BCUT2D eigenvalue weighted by atomic mass is 16.6. The van der Waals surface area contributed by atoms with Gasteiger partial charge in [-0.05, 0) is 0 Å². The molecule has 0 aromatic heterocycles. The molecule has 2 saturated heterocycles. The second kappa shape index (κ2) is 3.68. The molecule has 0 aromatic carbocycles. The maximum Gasteiger partial charge on any atom is 0.330 e. The molecule has 0 aliphatic carbocycles. The molecular formula is C9H12O5. The molecule has 2 aliphatic rings. The Hall–Kier alpha value is -0.910. The molecule has 0 aromatic rings. The molecule has 4 atom stereocenters. The Kier molecular flexibility index (Phi) is 2.54. The molecule has 0 bridgehead atoms.